The Morgan fingerprint density at radius 2 is 1.83 bits per heavy atom. The van der Waals surface area contributed by atoms with E-state index in [1.54, 1.807) is 0 Å². The molecular weight excluding hydrogens is 146 g/mol. The smallest absolute Gasteiger partial charge is 0.00706 e. The van der Waals surface area contributed by atoms with Crippen LogP contribution < -0.4 is 5.32 Å². The fourth-order valence-electron chi connectivity index (χ4n) is 1.57. The molecule has 12 heavy (non-hydrogen) atoms. The van der Waals surface area contributed by atoms with Gasteiger partial charge in [0.15, 0.2) is 0 Å². The van der Waals surface area contributed by atoms with Crippen molar-refractivity contribution in [1.82, 2.24) is 5.32 Å². The van der Waals surface area contributed by atoms with E-state index in [9.17, 15) is 0 Å². The Balaban J connectivity index is 1.90. The van der Waals surface area contributed by atoms with Gasteiger partial charge in [-0.2, -0.15) is 0 Å². The second-order valence-corrected chi connectivity index (χ2v) is 4.67. The zero-order valence-corrected chi connectivity index (χ0v) is 8.77. The van der Waals surface area contributed by atoms with Crippen LogP contribution >= 0.6 is 0 Å². The summed E-state index contributed by atoms with van der Waals surface area (Å²) in [6, 6.07) is 1.62. The molecule has 1 heteroatoms. The van der Waals surface area contributed by atoms with Crippen molar-refractivity contribution in [3.63, 3.8) is 0 Å². The third kappa shape index (κ3) is 4.76. The van der Waals surface area contributed by atoms with E-state index in [0.29, 0.717) is 0 Å². The summed E-state index contributed by atoms with van der Waals surface area (Å²) in [5.74, 6) is 0.873. The van der Waals surface area contributed by atoms with Crippen LogP contribution in [0.4, 0.5) is 0 Å². The topological polar surface area (TPSA) is 12.0 Å². The van der Waals surface area contributed by atoms with Crippen LogP contribution in [0.15, 0.2) is 0 Å². The average Bonchev–Trinajstić information content (AvgIpc) is 2.70. The first-order chi connectivity index (χ1) is 5.68. The lowest BCUT2D eigenvalue weighted by atomic mass is 10.0. The maximum Gasteiger partial charge on any atom is 0.00706 e. The summed E-state index contributed by atoms with van der Waals surface area (Å²) in [5, 5.41) is 3.63. The van der Waals surface area contributed by atoms with Crippen molar-refractivity contribution in [2.45, 2.75) is 65.0 Å². The highest BCUT2D eigenvalue weighted by molar-refractivity contribution is 4.83. The maximum absolute atomic E-state index is 3.63. The standard InChI is InChI=1S/C11H23N/c1-9(2)5-4-6-10(3)12-11-7-8-11/h9-12H,4-8H2,1-3H3. The molecule has 0 aliphatic heterocycles. The minimum Gasteiger partial charge on any atom is -0.312 e. The summed E-state index contributed by atoms with van der Waals surface area (Å²) < 4.78 is 0. The number of rotatable bonds is 6. The summed E-state index contributed by atoms with van der Waals surface area (Å²) in [5.41, 5.74) is 0. The quantitative estimate of drug-likeness (QED) is 0.644. The number of nitrogens with one attached hydrogen (secondary N) is 1. The van der Waals surface area contributed by atoms with E-state index in [0.717, 1.165) is 18.0 Å². The van der Waals surface area contributed by atoms with Crippen LogP contribution in [-0.4, -0.2) is 12.1 Å². The van der Waals surface area contributed by atoms with Crippen molar-refractivity contribution in [1.29, 1.82) is 0 Å². The highest BCUT2D eigenvalue weighted by Crippen LogP contribution is 2.20. The molecule has 0 spiro atoms. The van der Waals surface area contributed by atoms with Gasteiger partial charge in [0.2, 0.25) is 0 Å². The molecule has 1 fully saturated rings. The van der Waals surface area contributed by atoms with Gasteiger partial charge in [-0.1, -0.05) is 26.7 Å². The summed E-state index contributed by atoms with van der Waals surface area (Å²) >= 11 is 0. The van der Waals surface area contributed by atoms with Gasteiger partial charge in [0.25, 0.3) is 0 Å². The van der Waals surface area contributed by atoms with Gasteiger partial charge in [-0.15, -0.1) is 0 Å². The van der Waals surface area contributed by atoms with Crippen molar-refractivity contribution in [3.8, 4) is 0 Å². The molecule has 0 aromatic rings. The van der Waals surface area contributed by atoms with E-state index in [-0.39, 0.29) is 0 Å². The molecule has 1 aliphatic carbocycles. The Hall–Kier alpha value is -0.0400. The molecule has 0 radical (unpaired) electrons. The highest BCUT2D eigenvalue weighted by Gasteiger charge is 2.22. The molecule has 0 amide bonds. The molecule has 0 aromatic heterocycles. The van der Waals surface area contributed by atoms with Gasteiger partial charge < -0.3 is 5.32 Å². The normalized spacial score (nSPS) is 20.0. The third-order valence-electron chi connectivity index (χ3n) is 2.52. The molecule has 1 nitrogen and oxygen atoms in total. The Kier molecular flexibility index (Phi) is 4.07. The van der Waals surface area contributed by atoms with Crippen LogP contribution in [0.1, 0.15) is 52.9 Å². The Labute approximate surface area is 76.9 Å². The van der Waals surface area contributed by atoms with Crippen molar-refractivity contribution in [2.75, 3.05) is 0 Å². The molecule has 0 aromatic carbocycles. The first-order valence-corrected chi connectivity index (χ1v) is 5.44. The molecular formula is C11H23N. The Bertz CT molecular complexity index is 116. The van der Waals surface area contributed by atoms with Gasteiger partial charge in [0.05, 0.1) is 0 Å². The van der Waals surface area contributed by atoms with E-state index < -0.39 is 0 Å². The predicted molar refractivity (Wildman–Crippen MR) is 54.3 cm³/mol. The average molecular weight is 169 g/mol. The molecule has 0 heterocycles. The molecule has 1 N–H and O–H groups in total. The van der Waals surface area contributed by atoms with Crippen LogP contribution in [0.5, 0.6) is 0 Å². The van der Waals surface area contributed by atoms with Gasteiger partial charge in [-0.25, -0.2) is 0 Å². The van der Waals surface area contributed by atoms with Gasteiger partial charge >= 0.3 is 0 Å². The van der Waals surface area contributed by atoms with Crippen molar-refractivity contribution < 1.29 is 0 Å². The number of hydrogen-bond donors (Lipinski definition) is 1. The molecule has 72 valence electrons. The number of hydrogen-bond acceptors (Lipinski definition) is 1. The molecule has 1 rings (SSSR count). The molecule has 1 unspecified atom stereocenters. The first-order valence-electron chi connectivity index (χ1n) is 5.44. The van der Waals surface area contributed by atoms with E-state index in [2.05, 4.69) is 26.1 Å². The summed E-state index contributed by atoms with van der Waals surface area (Å²) in [6.07, 6.45) is 6.95. The van der Waals surface area contributed by atoms with E-state index in [1.165, 1.54) is 32.1 Å². The molecule has 0 saturated heterocycles. The summed E-state index contributed by atoms with van der Waals surface area (Å²) in [6.45, 7) is 6.93. The zero-order valence-electron chi connectivity index (χ0n) is 8.77. The van der Waals surface area contributed by atoms with Crippen LogP contribution in [-0.2, 0) is 0 Å². The van der Waals surface area contributed by atoms with Crippen molar-refractivity contribution in [2.24, 2.45) is 5.92 Å². The summed E-state index contributed by atoms with van der Waals surface area (Å²) in [7, 11) is 0. The first kappa shape index (κ1) is 10.0. The predicted octanol–water partition coefficient (Wildman–Crippen LogP) is 2.95. The van der Waals surface area contributed by atoms with Crippen molar-refractivity contribution in [3.05, 3.63) is 0 Å². The van der Waals surface area contributed by atoms with Crippen LogP contribution in [0, 0.1) is 5.92 Å². The van der Waals surface area contributed by atoms with Gasteiger partial charge in [-0.05, 0) is 32.1 Å². The second kappa shape index (κ2) is 4.86. The molecule has 0 bridgehead atoms. The van der Waals surface area contributed by atoms with Gasteiger partial charge in [0, 0.05) is 12.1 Å². The molecule has 1 saturated carbocycles. The lowest BCUT2D eigenvalue weighted by Gasteiger charge is -2.13. The monoisotopic (exact) mass is 169 g/mol. The van der Waals surface area contributed by atoms with Crippen molar-refractivity contribution >= 4 is 0 Å². The van der Waals surface area contributed by atoms with E-state index in [1.807, 2.05) is 0 Å². The Morgan fingerprint density at radius 1 is 1.17 bits per heavy atom. The maximum atomic E-state index is 3.63. The minimum absolute atomic E-state index is 0.747. The van der Waals surface area contributed by atoms with Crippen LogP contribution in [0.25, 0.3) is 0 Å². The fraction of sp³-hybridized carbons (Fsp3) is 1.00. The van der Waals surface area contributed by atoms with Gasteiger partial charge in [0.1, 0.15) is 0 Å². The summed E-state index contributed by atoms with van der Waals surface area (Å²) in [4.78, 5) is 0. The largest absolute Gasteiger partial charge is 0.312 e. The minimum atomic E-state index is 0.747. The van der Waals surface area contributed by atoms with E-state index in [4.69, 9.17) is 0 Å². The highest BCUT2D eigenvalue weighted by atomic mass is 15.0. The molecule has 1 aliphatic rings. The van der Waals surface area contributed by atoms with Crippen LogP contribution in [0.3, 0.4) is 0 Å². The Morgan fingerprint density at radius 3 is 2.33 bits per heavy atom. The second-order valence-electron chi connectivity index (χ2n) is 4.67. The lowest BCUT2D eigenvalue weighted by Crippen LogP contribution is -2.27. The lowest BCUT2D eigenvalue weighted by molar-refractivity contribution is 0.456. The van der Waals surface area contributed by atoms with Crippen LogP contribution in [0.2, 0.25) is 0 Å². The fourth-order valence-corrected chi connectivity index (χ4v) is 1.57. The SMILES string of the molecule is CC(C)CCCC(C)NC1CC1. The zero-order chi connectivity index (χ0) is 8.97. The molecule has 1 atom stereocenters. The third-order valence-corrected chi connectivity index (χ3v) is 2.52. The van der Waals surface area contributed by atoms with E-state index >= 15 is 0 Å². The van der Waals surface area contributed by atoms with Gasteiger partial charge in [-0.3, -0.25) is 0 Å².